The van der Waals surface area contributed by atoms with Gasteiger partial charge in [-0.3, -0.25) is 0 Å². The van der Waals surface area contributed by atoms with E-state index in [1.165, 1.54) is 6.26 Å². The zero-order chi connectivity index (χ0) is 9.80. The molecule has 0 radical (unpaired) electrons. The summed E-state index contributed by atoms with van der Waals surface area (Å²) in [5, 5.41) is 7.77. The largest absolute Gasteiger partial charge is 0.432 e. The Kier molecular flexibility index (Phi) is 2.55. The van der Waals surface area contributed by atoms with Crippen LogP contribution in [0, 0.1) is 0 Å². The lowest BCUT2D eigenvalue weighted by molar-refractivity contribution is 0.519. The number of aromatic nitrogens is 4. The highest BCUT2D eigenvalue weighted by Crippen LogP contribution is 2.07. The molecule has 0 spiro atoms. The summed E-state index contributed by atoms with van der Waals surface area (Å²) in [6.07, 6.45) is 6.33. The Bertz CT molecular complexity index is 380. The predicted octanol–water partition coefficient (Wildman–Crippen LogP) is 0.147. The number of nitrogens with two attached hydrogens (primary N) is 1. The first-order valence-corrected chi connectivity index (χ1v) is 4.40. The highest BCUT2D eigenvalue weighted by Gasteiger charge is 2.08. The molecule has 0 atom stereocenters. The molecule has 2 rings (SSSR count). The molecule has 2 aromatic heterocycles. The van der Waals surface area contributed by atoms with Gasteiger partial charge in [-0.25, -0.2) is 9.55 Å². The fraction of sp³-hybridized carbons (Fsp3) is 0.375. The van der Waals surface area contributed by atoms with E-state index < -0.39 is 0 Å². The molecule has 14 heavy (non-hydrogen) atoms. The second-order valence-corrected chi connectivity index (χ2v) is 2.82. The van der Waals surface area contributed by atoms with E-state index in [1.807, 2.05) is 0 Å². The van der Waals surface area contributed by atoms with Crippen LogP contribution in [0.15, 0.2) is 23.2 Å². The van der Waals surface area contributed by atoms with Crippen molar-refractivity contribution >= 4 is 0 Å². The Morgan fingerprint density at radius 2 is 2.43 bits per heavy atom. The van der Waals surface area contributed by atoms with Gasteiger partial charge in [-0.2, -0.15) is 0 Å². The maximum absolute atomic E-state index is 5.42. The normalized spacial score (nSPS) is 10.6. The summed E-state index contributed by atoms with van der Waals surface area (Å²) in [5.41, 5.74) is 5.42. The van der Waals surface area contributed by atoms with E-state index in [4.69, 9.17) is 10.2 Å². The van der Waals surface area contributed by atoms with E-state index in [0.717, 1.165) is 18.7 Å². The number of rotatable bonds is 4. The van der Waals surface area contributed by atoms with Crippen molar-refractivity contribution in [2.24, 2.45) is 5.73 Å². The van der Waals surface area contributed by atoms with Crippen LogP contribution in [0.25, 0.3) is 6.01 Å². The summed E-state index contributed by atoms with van der Waals surface area (Å²) < 4.78 is 6.86. The van der Waals surface area contributed by atoms with Crippen molar-refractivity contribution in [3.8, 4) is 6.01 Å². The smallest absolute Gasteiger partial charge is 0.308 e. The van der Waals surface area contributed by atoms with E-state index in [1.54, 1.807) is 17.1 Å². The number of hydrogen-bond acceptors (Lipinski definition) is 5. The molecule has 74 valence electrons. The highest BCUT2D eigenvalue weighted by molar-refractivity contribution is 5.08. The minimum absolute atomic E-state index is 0.488. The second kappa shape index (κ2) is 4.01. The summed E-state index contributed by atoms with van der Waals surface area (Å²) >= 11 is 0. The second-order valence-electron chi connectivity index (χ2n) is 2.82. The Morgan fingerprint density at radius 3 is 3.14 bits per heavy atom. The van der Waals surface area contributed by atoms with Gasteiger partial charge in [0.15, 0.2) is 0 Å². The number of oxazole rings is 1. The third-order valence-corrected chi connectivity index (χ3v) is 1.85. The van der Waals surface area contributed by atoms with Gasteiger partial charge in [0.05, 0.1) is 6.20 Å². The summed E-state index contributed by atoms with van der Waals surface area (Å²) in [5.74, 6) is 0.818. The third-order valence-electron chi connectivity index (χ3n) is 1.85. The first-order chi connectivity index (χ1) is 6.92. The Labute approximate surface area is 80.8 Å². The van der Waals surface area contributed by atoms with Crippen LogP contribution in [-0.4, -0.2) is 26.3 Å². The van der Waals surface area contributed by atoms with Gasteiger partial charge in [-0.15, -0.1) is 10.2 Å². The minimum Gasteiger partial charge on any atom is -0.432 e. The van der Waals surface area contributed by atoms with Crippen LogP contribution >= 0.6 is 0 Å². The van der Waals surface area contributed by atoms with Crippen molar-refractivity contribution in [3.05, 3.63) is 24.6 Å². The van der Waals surface area contributed by atoms with Crippen molar-refractivity contribution in [2.75, 3.05) is 6.54 Å². The molecule has 0 saturated carbocycles. The van der Waals surface area contributed by atoms with Crippen molar-refractivity contribution in [1.29, 1.82) is 0 Å². The van der Waals surface area contributed by atoms with E-state index in [9.17, 15) is 0 Å². The van der Waals surface area contributed by atoms with Crippen molar-refractivity contribution in [2.45, 2.75) is 12.8 Å². The quantitative estimate of drug-likeness (QED) is 0.747. The number of nitrogens with zero attached hydrogens (tertiary/aromatic N) is 4. The first kappa shape index (κ1) is 8.89. The topological polar surface area (TPSA) is 82.8 Å². The Balaban J connectivity index is 2.22. The number of hydrogen-bond donors (Lipinski definition) is 1. The van der Waals surface area contributed by atoms with Crippen LogP contribution in [0.4, 0.5) is 0 Å². The molecule has 0 fully saturated rings. The zero-order valence-electron chi connectivity index (χ0n) is 7.63. The van der Waals surface area contributed by atoms with Crippen LogP contribution in [0.3, 0.4) is 0 Å². The van der Waals surface area contributed by atoms with E-state index in [-0.39, 0.29) is 0 Å². The molecule has 0 aliphatic rings. The molecule has 0 bridgehead atoms. The molecule has 2 heterocycles. The summed E-state index contributed by atoms with van der Waals surface area (Å²) in [7, 11) is 0. The van der Waals surface area contributed by atoms with Crippen molar-refractivity contribution in [1.82, 2.24) is 19.7 Å². The molecule has 0 aliphatic heterocycles. The Hall–Kier alpha value is -1.69. The van der Waals surface area contributed by atoms with Gasteiger partial charge in [0.2, 0.25) is 0 Å². The minimum atomic E-state index is 0.488. The first-order valence-electron chi connectivity index (χ1n) is 4.40. The van der Waals surface area contributed by atoms with Gasteiger partial charge >= 0.3 is 6.01 Å². The molecule has 0 amide bonds. The summed E-state index contributed by atoms with van der Waals surface area (Å²) in [6, 6.07) is 0.488. The fourth-order valence-electron chi connectivity index (χ4n) is 1.18. The van der Waals surface area contributed by atoms with Gasteiger partial charge in [0, 0.05) is 6.42 Å². The fourth-order valence-corrected chi connectivity index (χ4v) is 1.18. The van der Waals surface area contributed by atoms with Gasteiger partial charge in [0.25, 0.3) is 0 Å². The monoisotopic (exact) mass is 193 g/mol. The van der Waals surface area contributed by atoms with E-state index >= 15 is 0 Å². The molecule has 6 nitrogen and oxygen atoms in total. The average Bonchev–Trinajstić information content (AvgIpc) is 2.84. The molecular formula is C8H11N5O. The SMILES string of the molecule is NCCCc1nncn1-c1ncco1. The van der Waals surface area contributed by atoms with Crippen LogP contribution in [0.1, 0.15) is 12.2 Å². The molecule has 0 unspecified atom stereocenters. The standard InChI is InChI=1S/C8H11N5O/c9-3-1-2-7-12-11-6-13(7)8-10-4-5-14-8/h4-6H,1-3,9H2. The lowest BCUT2D eigenvalue weighted by Crippen LogP contribution is -2.05. The maximum atomic E-state index is 5.42. The van der Waals surface area contributed by atoms with Crippen LogP contribution in [0.5, 0.6) is 0 Å². The van der Waals surface area contributed by atoms with Crippen molar-refractivity contribution in [3.63, 3.8) is 0 Å². The Morgan fingerprint density at radius 1 is 1.50 bits per heavy atom. The summed E-state index contributed by atoms with van der Waals surface area (Å²) in [6.45, 7) is 0.637. The van der Waals surface area contributed by atoms with E-state index in [0.29, 0.717) is 12.6 Å². The van der Waals surface area contributed by atoms with E-state index in [2.05, 4.69) is 15.2 Å². The van der Waals surface area contributed by atoms with Crippen LogP contribution < -0.4 is 5.73 Å². The number of aryl methyl sites for hydroxylation is 1. The maximum Gasteiger partial charge on any atom is 0.308 e. The molecule has 0 aliphatic carbocycles. The average molecular weight is 193 g/mol. The lowest BCUT2D eigenvalue weighted by atomic mass is 10.3. The summed E-state index contributed by atoms with van der Waals surface area (Å²) in [4.78, 5) is 4.01. The van der Waals surface area contributed by atoms with Crippen molar-refractivity contribution < 1.29 is 4.42 Å². The molecule has 2 N–H and O–H groups in total. The zero-order valence-corrected chi connectivity index (χ0v) is 7.63. The molecule has 2 aromatic rings. The molecule has 0 aromatic carbocycles. The van der Waals surface area contributed by atoms with Crippen LogP contribution in [0.2, 0.25) is 0 Å². The third kappa shape index (κ3) is 1.64. The van der Waals surface area contributed by atoms with Crippen LogP contribution in [-0.2, 0) is 6.42 Å². The van der Waals surface area contributed by atoms with Gasteiger partial charge in [-0.05, 0) is 13.0 Å². The van der Waals surface area contributed by atoms with Gasteiger partial charge in [0.1, 0.15) is 18.4 Å². The molecular weight excluding hydrogens is 182 g/mol. The highest BCUT2D eigenvalue weighted by atomic mass is 16.4. The molecule has 0 saturated heterocycles. The molecule has 6 heteroatoms. The van der Waals surface area contributed by atoms with Gasteiger partial charge < -0.3 is 10.2 Å². The van der Waals surface area contributed by atoms with Gasteiger partial charge in [-0.1, -0.05) is 0 Å². The lowest BCUT2D eigenvalue weighted by Gasteiger charge is -1.99. The predicted molar refractivity (Wildman–Crippen MR) is 48.8 cm³/mol.